The summed E-state index contributed by atoms with van der Waals surface area (Å²) in [5, 5.41) is 3.08. The van der Waals surface area contributed by atoms with Gasteiger partial charge in [-0.25, -0.2) is 0 Å². The predicted octanol–water partition coefficient (Wildman–Crippen LogP) is 4.54. The van der Waals surface area contributed by atoms with E-state index in [1.165, 1.54) is 6.07 Å². The third-order valence-corrected chi connectivity index (χ3v) is 2.65. The zero-order valence-corrected chi connectivity index (χ0v) is 10.6. The number of halogens is 4. The summed E-state index contributed by atoms with van der Waals surface area (Å²) in [6, 6.07) is 3.60. The maximum Gasteiger partial charge on any atom is 0.416 e. The van der Waals surface area contributed by atoms with Gasteiger partial charge in [-0.3, -0.25) is 0 Å². The molecule has 1 nitrogen and oxygen atoms in total. The molecule has 0 spiro atoms. The highest BCUT2D eigenvalue weighted by molar-refractivity contribution is 9.10. The van der Waals surface area contributed by atoms with Gasteiger partial charge in [0.25, 0.3) is 0 Å². The van der Waals surface area contributed by atoms with Crippen LogP contribution in [0.2, 0.25) is 0 Å². The van der Waals surface area contributed by atoms with E-state index in [4.69, 9.17) is 0 Å². The minimum atomic E-state index is -4.29. The summed E-state index contributed by atoms with van der Waals surface area (Å²) in [6.07, 6.45) is -4.29. The van der Waals surface area contributed by atoms with Gasteiger partial charge in [-0.05, 0) is 40.0 Å². The van der Waals surface area contributed by atoms with Crippen LogP contribution in [0.5, 0.6) is 0 Å². The van der Waals surface area contributed by atoms with Crippen LogP contribution in [-0.4, -0.2) is 6.54 Å². The Labute approximate surface area is 101 Å². The second-order valence-electron chi connectivity index (χ2n) is 3.97. The summed E-state index contributed by atoms with van der Waals surface area (Å²) < 4.78 is 37.6. The molecule has 0 saturated carbocycles. The quantitative estimate of drug-likeness (QED) is 0.863. The number of hydrogen-bond donors (Lipinski definition) is 1. The highest BCUT2D eigenvalue weighted by Crippen LogP contribution is 2.33. The van der Waals surface area contributed by atoms with Crippen molar-refractivity contribution >= 4 is 21.6 Å². The fraction of sp³-hybridized carbons (Fsp3) is 0.455. The van der Waals surface area contributed by atoms with Gasteiger partial charge in [-0.2, -0.15) is 13.2 Å². The number of anilines is 1. The van der Waals surface area contributed by atoms with Crippen LogP contribution in [0.1, 0.15) is 19.4 Å². The first kappa shape index (κ1) is 13.4. The Morgan fingerprint density at radius 1 is 1.31 bits per heavy atom. The summed E-state index contributed by atoms with van der Waals surface area (Å²) in [5.41, 5.74) is 0.0381. The molecule has 0 amide bonds. The maximum absolute atomic E-state index is 12.4. The molecule has 16 heavy (non-hydrogen) atoms. The molecule has 5 heteroatoms. The maximum atomic E-state index is 12.4. The first-order valence-electron chi connectivity index (χ1n) is 4.91. The van der Waals surface area contributed by atoms with Crippen molar-refractivity contribution in [2.24, 2.45) is 5.92 Å². The smallest absolute Gasteiger partial charge is 0.384 e. The van der Waals surface area contributed by atoms with E-state index in [-0.39, 0.29) is 0 Å². The SMILES string of the molecule is CC(C)CNc1ccc(C(F)(F)F)cc1Br. The molecular weight excluding hydrogens is 283 g/mol. The Bertz CT molecular complexity index is 361. The third-order valence-electron chi connectivity index (χ3n) is 2.00. The molecule has 0 unspecified atom stereocenters. The number of benzene rings is 1. The number of rotatable bonds is 3. The molecule has 0 heterocycles. The first-order chi connectivity index (χ1) is 7.30. The van der Waals surface area contributed by atoms with Gasteiger partial charge in [-0.1, -0.05) is 13.8 Å². The van der Waals surface area contributed by atoms with Crippen molar-refractivity contribution in [3.63, 3.8) is 0 Å². The van der Waals surface area contributed by atoms with Crippen molar-refractivity contribution in [1.29, 1.82) is 0 Å². The zero-order chi connectivity index (χ0) is 12.3. The summed E-state index contributed by atoms with van der Waals surface area (Å²) >= 11 is 3.13. The Morgan fingerprint density at radius 2 is 1.94 bits per heavy atom. The summed E-state index contributed by atoms with van der Waals surface area (Å²) in [6.45, 7) is 4.79. The van der Waals surface area contributed by atoms with E-state index in [1.807, 2.05) is 13.8 Å². The minimum absolute atomic E-state index is 0.433. The standard InChI is InChI=1S/C11H13BrF3N/c1-7(2)6-16-10-4-3-8(5-9(10)12)11(13,14)15/h3-5,7,16H,6H2,1-2H3. The predicted molar refractivity (Wildman–Crippen MR) is 62.5 cm³/mol. The summed E-state index contributed by atoms with van der Waals surface area (Å²) in [5.74, 6) is 0.439. The van der Waals surface area contributed by atoms with Crippen LogP contribution in [-0.2, 0) is 6.18 Å². The van der Waals surface area contributed by atoms with E-state index >= 15 is 0 Å². The lowest BCUT2D eigenvalue weighted by Crippen LogP contribution is -2.09. The number of alkyl halides is 3. The highest BCUT2D eigenvalue weighted by Gasteiger charge is 2.30. The lowest BCUT2D eigenvalue weighted by atomic mass is 10.2. The van der Waals surface area contributed by atoms with Crippen molar-refractivity contribution in [3.05, 3.63) is 28.2 Å². The van der Waals surface area contributed by atoms with Crippen LogP contribution in [0, 0.1) is 5.92 Å². The first-order valence-corrected chi connectivity index (χ1v) is 5.70. The van der Waals surface area contributed by atoms with Gasteiger partial charge in [0.15, 0.2) is 0 Å². The van der Waals surface area contributed by atoms with Crippen LogP contribution in [0.4, 0.5) is 18.9 Å². The molecule has 1 aromatic rings. The van der Waals surface area contributed by atoms with Gasteiger partial charge in [0.2, 0.25) is 0 Å². The molecule has 0 aliphatic carbocycles. The second-order valence-corrected chi connectivity index (χ2v) is 4.82. The van der Waals surface area contributed by atoms with Crippen molar-refractivity contribution < 1.29 is 13.2 Å². The van der Waals surface area contributed by atoms with Crippen molar-refractivity contribution in [1.82, 2.24) is 0 Å². The monoisotopic (exact) mass is 295 g/mol. The summed E-state index contributed by atoms with van der Waals surface area (Å²) in [7, 11) is 0. The van der Waals surface area contributed by atoms with Crippen molar-refractivity contribution in [2.45, 2.75) is 20.0 Å². The topological polar surface area (TPSA) is 12.0 Å². The zero-order valence-electron chi connectivity index (χ0n) is 9.03. The largest absolute Gasteiger partial charge is 0.416 e. The molecule has 1 N–H and O–H groups in total. The minimum Gasteiger partial charge on any atom is -0.384 e. The van der Waals surface area contributed by atoms with Crippen molar-refractivity contribution in [2.75, 3.05) is 11.9 Å². The molecule has 0 aromatic heterocycles. The Hall–Kier alpha value is -0.710. The molecule has 0 atom stereocenters. The van der Waals surface area contributed by atoms with E-state index in [9.17, 15) is 13.2 Å². The van der Waals surface area contributed by atoms with Crippen LogP contribution >= 0.6 is 15.9 Å². The Balaban J connectivity index is 2.84. The molecule has 1 aromatic carbocycles. The highest BCUT2D eigenvalue weighted by atomic mass is 79.9. The lowest BCUT2D eigenvalue weighted by Gasteiger charge is -2.13. The molecule has 1 rings (SSSR count). The Morgan fingerprint density at radius 3 is 2.38 bits per heavy atom. The van der Waals surface area contributed by atoms with Crippen LogP contribution in [0.15, 0.2) is 22.7 Å². The molecule has 0 radical (unpaired) electrons. The molecule has 0 aliphatic rings. The normalized spacial score (nSPS) is 11.9. The van der Waals surface area contributed by atoms with Gasteiger partial charge in [0.05, 0.1) is 5.56 Å². The molecular formula is C11H13BrF3N. The van der Waals surface area contributed by atoms with Crippen LogP contribution < -0.4 is 5.32 Å². The van der Waals surface area contributed by atoms with Gasteiger partial charge < -0.3 is 5.32 Å². The average Bonchev–Trinajstić information content (AvgIpc) is 2.14. The molecule has 0 aliphatic heterocycles. The third kappa shape index (κ3) is 3.70. The van der Waals surface area contributed by atoms with Crippen LogP contribution in [0.3, 0.4) is 0 Å². The van der Waals surface area contributed by atoms with E-state index in [0.29, 0.717) is 16.1 Å². The van der Waals surface area contributed by atoms with Gasteiger partial charge in [-0.15, -0.1) is 0 Å². The Kier molecular flexibility index (Phi) is 4.24. The van der Waals surface area contributed by atoms with E-state index < -0.39 is 11.7 Å². The van der Waals surface area contributed by atoms with E-state index in [2.05, 4.69) is 21.2 Å². The number of nitrogens with one attached hydrogen (secondary N) is 1. The van der Waals surface area contributed by atoms with Gasteiger partial charge >= 0.3 is 6.18 Å². The molecule has 0 bridgehead atoms. The fourth-order valence-corrected chi connectivity index (χ4v) is 1.67. The van der Waals surface area contributed by atoms with Crippen molar-refractivity contribution in [3.8, 4) is 0 Å². The second kappa shape index (κ2) is 5.08. The number of hydrogen-bond acceptors (Lipinski definition) is 1. The van der Waals surface area contributed by atoms with E-state index in [1.54, 1.807) is 0 Å². The van der Waals surface area contributed by atoms with Crippen LogP contribution in [0.25, 0.3) is 0 Å². The summed E-state index contributed by atoms with van der Waals surface area (Å²) in [4.78, 5) is 0. The molecule has 90 valence electrons. The lowest BCUT2D eigenvalue weighted by molar-refractivity contribution is -0.137. The fourth-order valence-electron chi connectivity index (χ4n) is 1.15. The average molecular weight is 296 g/mol. The van der Waals surface area contributed by atoms with Gasteiger partial charge in [0.1, 0.15) is 0 Å². The molecule has 0 fully saturated rings. The molecule has 0 saturated heterocycles. The van der Waals surface area contributed by atoms with Gasteiger partial charge in [0, 0.05) is 16.7 Å². The van der Waals surface area contributed by atoms with E-state index in [0.717, 1.165) is 18.7 Å².